The smallest absolute Gasteiger partial charge is 0.256 e. The molecule has 1 aliphatic rings. The summed E-state index contributed by atoms with van der Waals surface area (Å²) in [6.45, 7) is 3.35. The van der Waals surface area contributed by atoms with E-state index in [1.54, 1.807) is 30.2 Å². The summed E-state index contributed by atoms with van der Waals surface area (Å²) < 4.78 is 5.50. The van der Waals surface area contributed by atoms with Gasteiger partial charge < -0.3 is 15.4 Å². The number of carbonyl (C=O) groups excluding carboxylic acids is 1. The van der Waals surface area contributed by atoms with Gasteiger partial charge in [-0.2, -0.15) is 0 Å². The van der Waals surface area contributed by atoms with E-state index in [0.717, 1.165) is 19.4 Å². The van der Waals surface area contributed by atoms with E-state index < -0.39 is 0 Å². The second kappa shape index (κ2) is 5.39. The van der Waals surface area contributed by atoms with E-state index in [1.807, 2.05) is 6.92 Å². The number of hydrogen-bond acceptors (Lipinski definition) is 3. The Hall–Kier alpha value is -1.26. The number of anilines is 1. The van der Waals surface area contributed by atoms with Crippen molar-refractivity contribution >= 4 is 23.2 Å². The summed E-state index contributed by atoms with van der Waals surface area (Å²) in [7, 11) is 1.69. The van der Waals surface area contributed by atoms with Gasteiger partial charge in [0.2, 0.25) is 0 Å². The normalized spacial score (nSPS) is 23.4. The number of methoxy groups -OCH3 is 1. The zero-order chi connectivity index (χ0) is 14.0. The van der Waals surface area contributed by atoms with Gasteiger partial charge in [0.1, 0.15) is 0 Å². The molecule has 2 rings (SSSR count). The standard InChI is InChI=1S/C14H19ClN2O2/c1-14(19-2)6-3-7-17(9-14)13(18)11-5-4-10(15)8-12(11)16/h4-5,8H,3,6-7,9,16H2,1-2H3. The highest BCUT2D eigenvalue weighted by Crippen LogP contribution is 2.26. The average Bonchev–Trinajstić information content (AvgIpc) is 2.38. The summed E-state index contributed by atoms with van der Waals surface area (Å²) in [5.41, 5.74) is 6.52. The van der Waals surface area contributed by atoms with E-state index in [4.69, 9.17) is 22.1 Å². The topological polar surface area (TPSA) is 55.6 Å². The highest BCUT2D eigenvalue weighted by Gasteiger charge is 2.33. The second-order valence-corrected chi connectivity index (χ2v) is 5.65. The average molecular weight is 283 g/mol. The third-order valence-corrected chi connectivity index (χ3v) is 3.92. The number of ether oxygens (including phenoxy) is 1. The van der Waals surface area contributed by atoms with Gasteiger partial charge in [-0.25, -0.2) is 0 Å². The number of piperidine rings is 1. The Bertz CT molecular complexity index is 492. The molecule has 0 spiro atoms. The van der Waals surface area contributed by atoms with E-state index >= 15 is 0 Å². The number of benzene rings is 1. The van der Waals surface area contributed by atoms with Gasteiger partial charge >= 0.3 is 0 Å². The van der Waals surface area contributed by atoms with Gasteiger partial charge in [-0.15, -0.1) is 0 Å². The molecule has 1 heterocycles. The fourth-order valence-electron chi connectivity index (χ4n) is 2.44. The number of halogens is 1. The minimum absolute atomic E-state index is 0.0582. The van der Waals surface area contributed by atoms with Gasteiger partial charge in [0, 0.05) is 30.9 Å². The Morgan fingerprint density at radius 1 is 1.53 bits per heavy atom. The lowest BCUT2D eigenvalue weighted by atomic mass is 9.94. The van der Waals surface area contributed by atoms with Crippen molar-refractivity contribution in [3.05, 3.63) is 28.8 Å². The van der Waals surface area contributed by atoms with Crippen molar-refractivity contribution in [2.75, 3.05) is 25.9 Å². The fraction of sp³-hybridized carbons (Fsp3) is 0.500. The zero-order valence-corrected chi connectivity index (χ0v) is 12.0. The third kappa shape index (κ3) is 3.01. The molecule has 2 N–H and O–H groups in total. The van der Waals surface area contributed by atoms with Gasteiger partial charge in [0.15, 0.2) is 0 Å². The lowest BCUT2D eigenvalue weighted by Crippen LogP contribution is -2.49. The van der Waals surface area contributed by atoms with Crippen molar-refractivity contribution in [1.82, 2.24) is 4.90 Å². The maximum atomic E-state index is 12.5. The molecule has 1 saturated heterocycles. The zero-order valence-electron chi connectivity index (χ0n) is 11.3. The number of nitrogens with two attached hydrogens (primary N) is 1. The first kappa shape index (κ1) is 14.2. The van der Waals surface area contributed by atoms with E-state index in [1.165, 1.54) is 0 Å². The van der Waals surface area contributed by atoms with Crippen LogP contribution in [0, 0.1) is 0 Å². The number of rotatable bonds is 2. The van der Waals surface area contributed by atoms with Crippen molar-refractivity contribution in [3.8, 4) is 0 Å². The van der Waals surface area contributed by atoms with Crippen LogP contribution in [0.2, 0.25) is 5.02 Å². The monoisotopic (exact) mass is 282 g/mol. The van der Waals surface area contributed by atoms with Gasteiger partial charge in [-0.1, -0.05) is 11.6 Å². The molecule has 1 aromatic carbocycles. The quantitative estimate of drug-likeness (QED) is 0.848. The first-order valence-electron chi connectivity index (χ1n) is 6.35. The van der Waals surface area contributed by atoms with Gasteiger partial charge in [0.25, 0.3) is 5.91 Å². The lowest BCUT2D eigenvalue weighted by Gasteiger charge is -2.39. The van der Waals surface area contributed by atoms with Crippen LogP contribution in [0.1, 0.15) is 30.1 Å². The first-order valence-corrected chi connectivity index (χ1v) is 6.72. The van der Waals surface area contributed by atoms with Crippen molar-refractivity contribution in [2.24, 2.45) is 0 Å². The molecule has 0 radical (unpaired) electrons. The summed E-state index contributed by atoms with van der Waals surface area (Å²) in [6.07, 6.45) is 1.90. The van der Waals surface area contributed by atoms with Crippen molar-refractivity contribution in [1.29, 1.82) is 0 Å². The number of amides is 1. The summed E-state index contributed by atoms with van der Waals surface area (Å²) in [4.78, 5) is 14.3. The van der Waals surface area contributed by atoms with Crippen LogP contribution >= 0.6 is 11.6 Å². The Kier molecular flexibility index (Phi) is 4.02. The number of nitrogen functional groups attached to an aromatic ring is 1. The van der Waals surface area contributed by atoms with Crippen molar-refractivity contribution in [2.45, 2.75) is 25.4 Å². The van der Waals surface area contributed by atoms with Crippen LogP contribution in [-0.4, -0.2) is 36.6 Å². The Labute approximate surface area is 118 Å². The molecule has 104 valence electrons. The predicted octanol–water partition coefficient (Wildman–Crippen LogP) is 2.56. The molecule has 0 aromatic heterocycles. The number of nitrogens with zero attached hydrogens (tertiary/aromatic N) is 1. The van der Waals surface area contributed by atoms with Crippen molar-refractivity contribution in [3.63, 3.8) is 0 Å². The van der Waals surface area contributed by atoms with Gasteiger partial charge in [-0.05, 0) is 38.0 Å². The summed E-state index contributed by atoms with van der Waals surface area (Å²) >= 11 is 5.85. The van der Waals surface area contributed by atoms with Gasteiger partial charge in [-0.3, -0.25) is 4.79 Å². The minimum atomic E-state index is -0.269. The molecular weight excluding hydrogens is 264 g/mol. The number of likely N-dealkylation sites (tertiary alicyclic amines) is 1. The number of carbonyl (C=O) groups is 1. The largest absolute Gasteiger partial charge is 0.398 e. The Morgan fingerprint density at radius 2 is 2.26 bits per heavy atom. The van der Waals surface area contributed by atoms with E-state index in [2.05, 4.69) is 0 Å². The van der Waals surface area contributed by atoms with Crippen LogP contribution in [-0.2, 0) is 4.74 Å². The first-order chi connectivity index (χ1) is 8.95. The van der Waals surface area contributed by atoms with Crippen LogP contribution < -0.4 is 5.73 Å². The number of hydrogen-bond donors (Lipinski definition) is 1. The highest BCUT2D eigenvalue weighted by molar-refractivity contribution is 6.31. The molecule has 1 amide bonds. The van der Waals surface area contributed by atoms with Crippen LogP contribution in [0.15, 0.2) is 18.2 Å². The molecule has 4 nitrogen and oxygen atoms in total. The van der Waals surface area contributed by atoms with E-state index in [0.29, 0.717) is 22.8 Å². The minimum Gasteiger partial charge on any atom is -0.398 e. The molecule has 0 bridgehead atoms. The molecule has 0 aliphatic carbocycles. The lowest BCUT2D eigenvalue weighted by molar-refractivity contribution is -0.0439. The Balaban J connectivity index is 2.19. The molecule has 1 fully saturated rings. The summed E-state index contributed by atoms with van der Waals surface area (Å²) in [6, 6.07) is 4.97. The van der Waals surface area contributed by atoms with E-state index in [-0.39, 0.29) is 11.5 Å². The fourth-order valence-corrected chi connectivity index (χ4v) is 2.62. The van der Waals surface area contributed by atoms with Crippen LogP contribution in [0.5, 0.6) is 0 Å². The maximum Gasteiger partial charge on any atom is 0.256 e. The molecule has 1 unspecified atom stereocenters. The SMILES string of the molecule is COC1(C)CCCN(C(=O)c2ccc(Cl)cc2N)C1. The Morgan fingerprint density at radius 3 is 2.89 bits per heavy atom. The third-order valence-electron chi connectivity index (χ3n) is 3.68. The highest BCUT2D eigenvalue weighted by atomic mass is 35.5. The molecule has 19 heavy (non-hydrogen) atoms. The van der Waals surface area contributed by atoms with Crippen LogP contribution in [0.25, 0.3) is 0 Å². The summed E-state index contributed by atoms with van der Waals surface area (Å²) in [5.74, 6) is -0.0582. The maximum absolute atomic E-state index is 12.5. The molecule has 1 atom stereocenters. The van der Waals surface area contributed by atoms with Crippen molar-refractivity contribution < 1.29 is 9.53 Å². The predicted molar refractivity (Wildman–Crippen MR) is 76.4 cm³/mol. The molecular formula is C14H19ClN2O2. The summed E-state index contributed by atoms with van der Waals surface area (Å²) in [5, 5.41) is 0.537. The molecule has 1 aliphatic heterocycles. The van der Waals surface area contributed by atoms with E-state index in [9.17, 15) is 4.79 Å². The molecule has 1 aromatic rings. The van der Waals surface area contributed by atoms with Gasteiger partial charge in [0.05, 0.1) is 11.2 Å². The molecule has 5 heteroatoms. The van der Waals surface area contributed by atoms with Crippen LogP contribution in [0.3, 0.4) is 0 Å². The van der Waals surface area contributed by atoms with Crippen LogP contribution in [0.4, 0.5) is 5.69 Å². The molecule has 0 saturated carbocycles. The second-order valence-electron chi connectivity index (χ2n) is 5.22.